The molecule has 1 amide bonds. The maximum Gasteiger partial charge on any atom is 0.252 e. The summed E-state index contributed by atoms with van der Waals surface area (Å²) in [5.41, 5.74) is 0.609. The number of rotatable bonds is 8. The van der Waals surface area contributed by atoms with Crippen LogP contribution in [0.3, 0.4) is 0 Å². The van der Waals surface area contributed by atoms with Crippen LogP contribution in [-0.4, -0.2) is 36.5 Å². The van der Waals surface area contributed by atoms with E-state index in [0.29, 0.717) is 5.56 Å². The Bertz CT molecular complexity index is 354. The van der Waals surface area contributed by atoms with Crippen molar-refractivity contribution in [3.8, 4) is 0 Å². The Balaban J connectivity index is 2.23. The predicted octanol–water partition coefficient (Wildman–Crippen LogP) is 2.39. The summed E-state index contributed by atoms with van der Waals surface area (Å²) in [7, 11) is 1.80. The zero-order chi connectivity index (χ0) is 13.2. The Labute approximate surface area is 113 Å². The van der Waals surface area contributed by atoms with Crippen LogP contribution in [0.5, 0.6) is 0 Å². The number of anilines is 1. The fourth-order valence-electron chi connectivity index (χ4n) is 1.53. The lowest BCUT2D eigenvalue weighted by Gasteiger charge is -2.05. The van der Waals surface area contributed by atoms with Gasteiger partial charge in [-0.15, -0.1) is 0 Å². The van der Waals surface area contributed by atoms with Gasteiger partial charge < -0.3 is 10.6 Å². The number of pyridine rings is 1. The standard InChI is InChI=1S/C13H21N3OS/c1-14-12-7-6-11(10-16-12)13(17)15-8-4-3-5-9-18-2/h6-7,10H,3-5,8-9H2,1-2H3,(H,14,16)(H,15,17). The first-order valence-electron chi connectivity index (χ1n) is 6.19. The Morgan fingerprint density at radius 1 is 1.33 bits per heavy atom. The number of aromatic nitrogens is 1. The van der Waals surface area contributed by atoms with Crippen molar-refractivity contribution in [1.29, 1.82) is 0 Å². The van der Waals surface area contributed by atoms with Crippen molar-refractivity contribution < 1.29 is 4.79 Å². The zero-order valence-electron chi connectivity index (χ0n) is 11.0. The molecular weight excluding hydrogens is 246 g/mol. The molecule has 0 aromatic carbocycles. The van der Waals surface area contributed by atoms with Crippen molar-refractivity contribution in [2.75, 3.05) is 30.9 Å². The molecule has 0 atom stereocenters. The molecule has 0 spiro atoms. The molecular formula is C13H21N3OS. The van der Waals surface area contributed by atoms with Gasteiger partial charge in [-0.1, -0.05) is 6.42 Å². The van der Waals surface area contributed by atoms with E-state index in [1.807, 2.05) is 11.8 Å². The van der Waals surface area contributed by atoms with E-state index in [9.17, 15) is 4.79 Å². The van der Waals surface area contributed by atoms with E-state index in [4.69, 9.17) is 0 Å². The highest BCUT2D eigenvalue weighted by Gasteiger charge is 2.04. The van der Waals surface area contributed by atoms with Crippen molar-refractivity contribution in [3.63, 3.8) is 0 Å². The van der Waals surface area contributed by atoms with Gasteiger partial charge in [0.25, 0.3) is 5.91 Å². The van der Waals surface area contributed by atoms with Gasteiger partial charge in [0.15, 0.2) is 0 Å². The number of thioether (sulfide) groups is 1. The van der Waals surface area contributed by atoms with Crippen molar-refractivity contribution in [2.24, 2.45) is 0 Å². The highest BCUT2D eigenvalue weighted by atomic mass is 32.2. The summed E-state index contributed by atoms with van der Waals surface area (Å²) in [6, 6.07) is 3.58. The molecule has 100 valence electrons. The van der Waals surface area contributed by atoms with Gasteiger partial charge in [0, 0.05) is 19.8 Å². The molecule has 0 bridgehead atoms. The van der Waals surface area contributed by atoms with E-state index >= 15 is 0 Å². The van der Waals surface area contributed by atoms with Gasteiger partial charge in [-0.25, -0.2) is 4.98 Å². The largest absolute Gasteiger partial charge is 0.373 e. The predicted molar refractivity (Wildman–Crippen MR) is 78.3 cm³/mol. The molecule has 0 aliphatic heterocycles. The van der Waals surface area contributed by atoms with Gasteiger partial charge in [0.2, 0.25) is 0 Å². The van der Waals surface area contributed by atoms with Crippen LogP contribution in [0, 0.1) is 0 Å². The Kier molecular flexibility index (Phi) is 7.25. The summed E-state index contributed by atoms with van der Waals surface area (Å²) in [5.74, 6) is 1.92. The summed E-state index contributed by atoms with van der Waals surface area (Å²) in [6.07, 6.45) is 7.13. The third kappa shape index (κ3) is 5.40. The monoisotopic (exact) mass is 267 g/mol. The van der Waals surface area contributed by atoms with E-state index in [2.05, 4.69) is 21.9 Å². The molecule has 0 aliphatic carbocycles. The fourth-order valence-corrected chi connectivity index (χ4v) is 2.02. The molecule has 1 aromatic heterocycles. The quantitative estimate of drug-likeness (QED) is 0.710. The first-order chi connectivity index (χ1) is 8.77. The van der Waals surface area contributed by atoms with Gasteiger partial charge >= 0.3 is 0 Å². The van der Waals surface area contributed by atoms with Gasteiger partial charge in [-0.2, -0.15) is 11.8 Å². The van der Waals surface area contributed by atoms with Gasteiger partial charge in [0.05, 0.1) is 5.56 Å². The molecule has 0 saturated carbocycles. The number of carbonyl (C=O) groups excluding carboxylic acids is 1. The van der Waals surface area contributed by atoms with Gasteiger partial charge in [0.1, 0.15) is 5.82 Å². The van der Waals surface area contributed by atoms with E-state index in [-0.39, 0.29) is 5.91 Å². The van der Waals surface area contributed by atoms with Crippen molar-refractivity contribution in [3.05, 3.63) is 23.9 Å². The summed E-state index contributed by atoms with van der Waals surface area (Å²) in [5, 5.41) is 5.83. The summed E-state index contributed by atoms with van der Waals surface area (Å²) in [4.78, 5) is 15.9. The van der Waals surface area contributed by atoms with E-state index in [0.717, 1.165) is 25.2 Å². The van der Waals surface area contributed by atoms with E-state index in [1.165, 1.54) is 12.2 Å². The van der Waals surface area contributed by atoms with Crippen molar-refractivity contribution in [2.45, 2.75) is 19.3 Å². The van der Waals surface area contributed by atoms with Crippen LogP contribution in [0.1, 0.15) is 29.6 Å². The normalized spacial score (nSPS) is 10.1. The van der Waals surface area contributed by atoms with Crippen LogP contribution >= 0.6 is 11.8 Å². The first kappa shape index (κ1) is 14.8. The van der Waals surface area contributed by atoms with Crippen LogP contribution in [-0.2, 0) is 0 Å². The molecule has 1 heterocycles. The Morgan fingerprint density at radius 3 is 2.78 bits per heavy atom. The third-order valence-electron chi connectivity index (χ3n) is 2.59. The van der Waals surface area contributed by atoms with Crippen LogP contribution in [0.2, 0.25) is 0 Å². The molecule has 1 rings (SSSR count). The number of hydrogen-bond donors (Lipinski definition) is 2. The lowest BCUT2D eigenvalue weighted by molar-refractivity contribution is 0.0952. The average Bonchev–Trinajstić information content (AvgIpc) is 2.42. The Hall–Kier alpha value is -1.23. The van der Waals surface area contributed by atoms with E-state index < -0.39 is 0 Å². The molecule has 0 radical (unpaired) electrons. The molecule has 0 fully saturated rings. The number of unbranched alkanes of at least 4 members (excludes halogenated alkanes) is 2. The third-order valence-corrected chi connectivity index (χ3v) is 3.29. The number of hydrogen-bond acceptors (Lipinski definition) is 4. The number of carbonyl (C=O) groups is 1. The molecule has 18 heavy (non-hydrogen) atoms. The molecule has 0 aliphatic rings. The first-order valence-corrected chi connectivity index (χ1v) is 7.58. The number of nitrogens with one attached hydrogen (secondary N) is 2. The van der Waals surface area contributed by atoms with Gasteiger partial charge in [-0.05, 0) is 37.0 Å². The second-order valence-corrected chi connectivity index (χ2v) is 4.98. The minimum Gasteiger partial charge on any atom is -0.373 e. The second-order valence-electron chi connectivity index (χ2n) is 3.99. The maximum absolute atomic E-state index is 11.8. The summed E-state index contributed by atoms with van der Waals surface area (Å²) in [6.45, 7) is 0.737. The zero-order valence-corrected chi connectivity index (χ0v) is 11.8. The number of nitrogens with zero attached hydrogens (tertiary/aromatic N) is 1. The van der Waals surface area contributed by atoms with E-state index in [1.54, 1.807) is 25.4 Å². The molecule has 5 heteroatoms. The van der Waals surface area contributed by atoms with Crippen LogP contribution in [0.25, 0.3) is 0 Å². The van der Waals surface area contributed by atoms with Crippen LogP contribution in [0.4, 0.5) is 5.82 Å². The molecule has 2 N–H and O–H groups in total. The molecule has 0 unspecified atom stereocenters. The van der Waals surface area contributed by atoms with Crippen LogP contribution in [0.15, 0.2) is 18.3 Å². The van der Waals surface area contributed by atoms with Crippen molar-refractivity contribution >= 4 is 23.5 Å². The van der Waals surface area contributed by atoms with Gasteiger partial charge in [-0.3, -0.25) is 4.79 Å². The topological polar surface area (TPSA) is 54.0 Å². The van der Waals surface area contributed by atoms with Crippen molar-refractivity contribution in [1.82, 2.24) is 10.3 Å². The Morgan fingerprint density at radius 2 is 2.17 bits per heavy atom. The fraction of sp³-hybridized carbons (Fsp3) is 0.538. The van der Waals surface area contributed by atoms with Crippen LogP contribution < -0.4 is 10.6 Å². The highest BCUT2D eigenvalue weighted by molar-refractivity contribution is 7.98. The highest BCUT2D eigenvalue weighted by Crippen LogP contribution is 2.04. The smallest absolute Gasteiger partial charge is 0.252 e. The average molecular weight is 267 g/mol. The summed E-state index contributed by atoms with van der Waals surface area (Å²) < 4.78 is 0. The second kappa shape index (κ2) is 8.80. The minimum absolute atomic E-state index is 0.0463. The number of amides is 1. The SMILES string of the molecule is CNc1ccc(C(=O)NCCCCCSC)cn1. The minimum atomic E-state index is -0.0463. The summed E-state index contributed by atoms with van der Waals surface area (Å²) >= 11 is 1.86. The molecule has 0 saturated heterocycles. The lowest BCUT2D eigenvalue weighted by atomic mass is 10.2. The molecule has 4 nitrogen and oxygen atoms in total. The maximum atomic E-state index is 11.8. The lowest BCUT2D eigenvalue weighted by Crippen LogP contribution is -2.24. The molecule has 1 aromatic rings.